The maximum atomic E-state index is 12.7. The molecule has 3 nitrogen and oxygen atoms in total. The zero-order valence-corrected chi connectivity index (χ0v) is 15.1. The van der Waals surface area contributed by atoms with Gasteiger partial charge in [0.1, 0.15) is 5.75 Å². The van der Waals surface area contributed by atoms with E-state index in [-0.39, 0.29) is 22.8 Å². The van der Waals surface area contributed by atoms with Crippen LogP contribution in [0.1, 0.15) is 54.0 Å². The van der Waals surface area contributed by atoms with Gasteiger partial charge < -0.3 is 10.1 Å². The number of carbonyl (C=O) groups is 1. The summed E-state index contributed by atoms with van der Waals surface area (Å²) in [6.07, 6.45) is 0.694. The summed E-state index contributed by atoms with van der Waals surface area (Å²) in [5, 5.41) is 3.47. The molecule has 0 fully saturated rings. The largest absolute Gasteiger partial charge is 0.494 e. The van der Waals surface area contributed by atoms with Gasteiger partial charge in [-0.25, -0.2) is 0 Å². The van der Waals surface area contributed by atoms with Gasteiger partial charge in [0.25, 0.3) is 0 Å². The van der Waals surface area contributed by atoms with E-state index >= 15 is 0 Å². The Bertz CT molecular complexity index is 478. The van der Waals surface area contributed by atoms with Crippen LogP contribution in [-0.2, 0) is 11.2 Å². The molecule has 1 aromatic carbocycles. The summed E-state index contributed by atoms with van der Waals surface area (Å²) < 4.78 is 5.47. The van der Waals surface area contributed by atoms with Crippen molar-refractivity contribution in [2.45, 2.75) is 66.5 Å². The van der Waals surface area contributed by atoms with Crippen LogP contribution in [0.2, 0.25) is 0 Å². The molecule has 0 bridgehead atoms. The van der Waals surface area contributed by atoms with Crippen molar-refractivity contribution in [3.8, 4) is 5.75 Å². The fourth-order valence-electron chi connectivity index (χ4n) is 2.38. The number of rotatable bonds is 6. The molecule has 1 unspecified atom stereocenters. The molecule has 3 heteroatoms. The van der Waals surface area contributed by atoms with Crippen molar-refractivity contribution in [2.75, 3.05) is 6.61 Å². The summed E-state index contributed by atoms with van der Waals surface area (Å²) in [5.74, 6) is 1.12. The van der Waals surface area contributed by atoms with Gasteiger partial charge in [-0.1, -0.05) is 32.9 Å². The highest BCUT2D eigenvalue weighted by molar-refractivity contribution is 5.89. The molecule has 22 heavy (non-hydrogen) atoms. The quantitative estimate of drug-likeness (QED) is 0.863. The normalized spacial score (nSPS) is 13.8. The van der Waals surface area contributed by atoms with Gasteiger partial charge in [-0.3, -0.25) is 4.79 Å². The van der Waals surface area contributed by atoms with Gasteiger partial charge in [0, 0.05) is 11.0 Å². The minimum atomic E-state index is -0.353. The molecule has 0 saturated carbocycles. The average molecular weight is 305 g/mol. The van der Waals surface area contributed by atoms with Gasteiger partial charge in [0.15, 0.2) is 5.78 Å². The van der Waals surface area contributed by atoms with Crippen molar-refractivity contribution < 1.29 is 9.53 Å². The van der Waals surface area contributed by atoms with Crippen LogP contribution < -0.4 is 10.1 Å². The van der Waals surface area contributed by atoms with Gasteiger partial charge >= 0.3 is 0 Å². The van der Waals surface area contributed by atoms with Crippen molar-refractivity contribution in [1.29, 1.82) is 0 Å². The zero-order valence-electron chi connectivity index (χ0n) is 15.1. The highest BCUT2D eigenvalue weighted by atomic mass is 16.5. The van der Waals surface area contributed by atoms with Gasteiger partial charge in [-0.05, 0) is 51.8 Å². The summed E-state index contributed by atoms with van der Waals surface area (Å²) in [6.45, 7) is 14.8. The molecule has 0 radical (unpaired) electrons. The second-order valence-electron chi connectivity index (χ2n) is 7.84. The van der Waals surface area contributed by atoms with E-state index in [4.69, 9.17) is 4.74 Å². The Morgan fingerprint density at radius 1 is 1.09 bits per heavy atom. The molecule has 0 heterocycles. The Labute approximate surface area is 135 Å². The van der Waals surface area contributed by atoms with E-state index in [1.54, 1.807) is 0 Å². The van der Waals surface area contributed by atoms with Crippen LogP contribution in [0.3, 0.4) is 0 Å². The maximum Gasteiger partial charge on any atom is 0.155 e. The van der Waals surface area contributed by atoms with E-state index in [0.717, 1.165) is 11.3 Å². The standard InChI is InChI=1S/C19H31NO2/c1-8-22-15-11-9-14(10-12-15)13-16(20-19(5,6)7)17(21)18(2,3)4/h9-12,16,20H,8,13H2,1-7H3. The van der Waals surface area contributed by atoms with Crippen LogP contribution >= 0.6 is 0 Å². The van der Waals surface area contributed by atoms with Gasteiger partial charge in [-0.15, -0.1) is 0 Å². The van der Waals surface area contributed by atoms with Crippen molar-refractivity contribution in [1.82, 2.24) is 5.32 Å². The molecule has 1 N–H and O–H groups in total. The van der Waals surface area contributed by atoms with Gasteiger partial charge in [-0.2, -0.15) is 0 Å². The molecule has 1 aromatic rings. The van der Waals surface area contributed by atoms with E-state index < -0.39 is 0 Å². The topological polar surface area (TPSA) is 38.3 Å². The summed E-state index contributed by atoms with van der Waals surface area (Å²) in [6, 6.07) is 7.83. The molecule has 1 atom stereocenters. The minimum Gasteiger partial charge on any atom is -0.494 e. The molecule has 0 spiro atoms. The summed E-state index contributed by atoms with van der Waals surface area (Å²) in [7, 11) is 0. The number of hydrogen-bond donors (Lipinski definition) is 1. The monoisotopic (exact) mass is 305 g/mol. The first-order valence-electron chi connectivity index (χ1n) is 8.06. The fourth-order valence-corrected chi connectivity index (χ4v) is 2.38. The molecule has 0 amide bonds. The Hall–Kier alpha value is -1.35. The average Bonchev–Trinajstić information content (AvgIpc) is 2.37. The molecule has 0 aromatic heterocycles. The lowest BCUT2D eigenvalue weighted by Gasteiger charge is -2.32. The minimum absolute atomic E-state index is 0.100. The second kappa shape index (κ2) is 7.28. The van der Waals surface area contributed by atoms with Crippen LogP contribution in [0.15, 0.2) is 24.3 Å². The van der Waals surface area contributed by atoms with E-state index in [1.165, 1.54) is 0 Å². The third-order valence-electron chi connectivity index (χ3n) is 3.34. The van der Waals surface area contributed by atoms with Crippen LogP contribution in [0, 0.1) is 5.41 Å². The number of ketones is 1. The number of benzene rings is 1. The Morgan fingerprint density at radius 2 is 1.64 bits per heavy atom. The fraction of sp³-hybridized carbons (Fsp3) is 0.632. The van der Waals surface area contributed by atoms with Crippen molar-refractivity contribution in [2.24, 2.45) is 5.41 Å². The third-order valence-corrected chi connectivity index (χ3v) is 3.34. The van der Waals surface area contributed by atoms with Gasteiger partial charge in [0.05, 0.1) is 12.6 Å². The molecule has 0 aliphatic rings. The smallest absolute Gasteiger partial charge is 0.155 e. The highest BCUT2D eigenvalue weighted by Crippen LogP contribution is 2.21. The molecule has 124 valence electrons. The first-order chi connectivity index (χ1) is 10.0. The molecule has 0 saturated heterocycles. The van der Waals surface area contributed by atoms with E-state index in [0.29, 0.717) is 13.0 Å². The van der Waals surface area contributed by atoms with Crippen molar-refractivity contribution in [3.05, 3.63) is 29.8 Å². The Morgan fingerprint density at radius 3 is 2.05 bits per heavy atom. The van der Waals surface area contributed by atoms with Crippen LogP contribution in [0.25, 0.3) is 0 Å². The zero-order chi connectivity index (χ0) is 17.0. The lowest BCUT2D eigenvalue weighted by atomic mass is 9.83. The molecular weight excluding hydrogens is 274 g/mol. The second-order valence-corrected chi connectivity index (χ2v) is 7.84. The van der Waals surface area contributed by atoms with E-state index in [2.05, 4.69) is 26.1 Å². The van der Waals surface area contributed by atoms with Gasteiger partial charge in [0.2, 0.25) is 0 Å². The number of hydrogen-bond acceptors (Lipinski definition) is 3. The SMILES string of the molecule is CCOc1ccc(CC(NC(C)(C)C)C(=O)C(C)(C)C)cc1. The third kappa shape index (κ3) is 6.18. The molecular formula is C19H31NO2. The van der Waals surface area contributed by atoms with Crippen LogP contribution in [-0.4, -0.2) is 24.0 Å². The summed E-state index contributed by atoms with van der Waals surface area (Å²) in [5.41, 5.74) is 0.688. The lowest BCUT2D eigenvalue weighted by molar-refractivity contribution is -0.128. The molecule has 0 aliphatic carbocycles. The van der Waals surface area contributed by atoms with Crippen molar-refractivity contribution >= 4 is 5.78 Å². The predicted octanol–water partition coefficient (Wildman–Crippen LogP) is 4.00. The lowest BCUT2D eigenvalue weighted by Crippen LogP contribution is -2.51. The van der Waals surface area contributed by atoms with Crippen molar-refractivity contribution in [3.63, 3.8) is 0 Å². The Balaban J connectivity index is 2.90. The van der Waals surface area contributed by atoms with Crippen LogP contribution in [0.4, 0.5) is 0 Å². The molecule has 0 aliphatic heterocycles. The highest BCUT2D eigenvalue weighted by Gasteiger charge is 2.31. The number of nitrogens with one attached hydrogen (secondary N) is 1. The summed E-state index contributed by atoms with van der Waals surface area (Å²) in [4.78, 5) is 12.7. The Kier molecular flexibility index (Phi) is 6.18. The van der Waals surface area contributed by atoms with Crippen LogP contribution in [0.5, 0.6) is 5.75 Å². The molecule has 1 rings (SSSR count). The summed E-state index contributed by atoms with van der Waals surface area (Å²) >= 11 is 0. The first-order valence-corrected chi connectivity index (χ1v) is 8.06. The first kappa shape index (κ1) is 18.7. The maximum absolute atomic E-state index is 12.7. The van der Waals surface area contributed by atoms with E-state index in [9.17, 15) is 4.79 Å². The number of Topliss-reactive ketones (excluding diaryl/α,β-unsaturated/α-hetero) is 1. The van der Waals surface area contributed by atoms with E-state index in [1.807, 2.05) is 52.0 Å². The number of ether oxygens (including phenoxy) is 1. The predicted molar refractivity (Wildman–Crippen MR) is 92.5 cm³/mol. The number of carbonyl (C=O) groups excluding carboxylic acids is 1.